The van der Waals surface area contributed by atoms with Crippen LogP contribution in [0.1, 0.15) is 36.8 Å². The molecule has 0 bridgehead atoms. The van der Waals surface area contributed by atoms with Gasteiger partial charge in [-0.3, -0.25) is 14.7 Å². The summed E-state index contributed by atoms with van der Waals surface area (Å²) < 4.78 is 1.90. The maximum Gasteiger partial charge on any atom is 0.143 e. The molecule has 7 nitrogen and oxygen atoms in total. The summed E-state index contributed by atoms with van der Waals surface area (Å²) in [5, 5.41) is 5.77. The van der Waals surface area contributed by atoms with Crippen LogP contribution in [0.4, 0.5) is 0 Å². The van der Waals surface area contributed by atoms with Crippen LogP contribution in [0.2, 0.25) is 0 Å². The van der Waals surface area contributed by atoms with Crippen molar-refractivity contribution in [2.75, 3.05) is 33.2 Å². The summed E-state index contributed by atoms with van der Waals surface area (Å²) in [4.78, 5) is 23.5. The highest BCUT2D eigenvalue weighted by Crippen LogP contribution is 2.40. The molecule has 8 heteroatoms. The summed E-state index contributed by atoms with van der Waals surface area (Å²) in [5.74, 6) is 0.211. The number of fused-ring (bicyclic) bond motifs is 1. The number of rotatable bonds is 7. The van der Waals surface area contributed by atoms with E-state index in [0.717, 1.165) is 59.8 Å². The third-order valence-corrected chi connectivity index (χ3v) is 8.40. The Morgan fingerprint density at radius 2 is 2.03 bits per heavy atom. The molecule has 174 valence electrons. The lowest BCUT2D eigenvalue weighted by molar-refractivity contribution is -0.104. The SMILES string of the molecule is CCc1nc(C)cn2nc(/C(=C/C=O)PC3C=CC(N4CCN(C5CC5)CC4)=CN3C)cc12. The van der Waals surface area contributed by atoms with Gasteiger partial charge >= 0.3 is 0 Å². The van der Waals surface area contributed by atoms with E-state index in [2.05, 4.69) is 58.1 Å². The van der Waals surface area contributed by atoms with Gasteiger partial charge in [-0.15, -0.1) is 0 Å². The number of nitrogens with zero attached hydrogens (tertiary/aromatic N) is 6. The van der Waals surface area contributed by atoms with E-state index in [-0.39, 0.29) is 5.78 Å². The molecule has 0 N–H and O–H groups in total. The number of hydrogen-bond acceptors (Lipinski definition) is 6. The summed E-state index contributed by atoms with van der Waals surface area (Å²) in [6, 6.07) is 2.92. The van der Waals surface area contributed by atoms with Gasteiger partial charge in [0.25, 0.3) is 0 Å². The van der Waals surface area contributed by atoms with E-state index in [1.165, 1.54) is 31.6 Å². The van der Waals surface area contributed by atoms with Gasteiger partial charge in [0.1, 0.15) is 6.29 Å². The lowest BCUT2D eigenvalue weighted by Gasteiger charge is -2.39. The highest BCUT2D eigenvalue weighted by Gasteiger charge is 2.31. The smallest absolute Gasteiger partial charge is 0.143 e. The number of allylic oxidation sites excluding steroid dienone is 2. The molecule has 2 aromatic rings. The van der Waals surface area contributed by atoms with Crippen molar-refractivity contribution in [2.24, 2.45) is 0 Å². The number of carbonyl (C=O) groups is 1. The second-order valence-electron chi connectivity index (χ2n) is 9.18. The molecule has 0 radical (unpaired) electrons. The van der Waals surface area contributed by atoms with Crippen LogP contribution in [0.3, 0.4) is 0 Å². The zero-order chi connectivity index (χ0) is 22.9. The van der Waals surface area contributed by atoms with E-state index in [4.69, 9.17) is 5.10 Å². The molecule has 2 atom stereocenters. The van der Waals surface area contributed by atoms with Crippen molar-refractivity contribution in [2.45, 2.75) is 44.9 Å². The van der Waals surface area contributed by atoms with Crippen LogP contribution < -0.4 is 0 Å². The van der Waals surface area contributed by atoms with Crippen LogP contribution in [0.15, 0.2) is 42.4 Å². The predicted molar refractivity (Wildman–Crippen MR) is 134 cm³/mol. The fourth-order valence-corrected chi connectivity index (χ4v) is 6.01. The molecule has 1 saturated carbocycles. The molecule has 5 rings (SSSR count). The molecular formula is C25H33N6OP. The third kappa shape index (κ3) is 4.75. The summed E-state index contributed by atoms with van der Waals surface area (Å²) in [7, 11) is 2.55. The number of hydrogen-bond donors (Lipinski definition) is 0. The van der Waals surface area contributed by atoms with Crippen molar-refractivity contribution < 1.29 is 4.79 Å². The molecule has 1 saturated heterocycles. The largest absolute Gasteiger partial charge is 0.368 e. The Balaban J connectivity index is 1.30. The molecular weight excluding hydrogens is 431 g/mol. The van der Waals surface area contributed by atoms with Crippen molar-refractivity contribution >= 4 is 25.7 Å². The monoisotopic (exact) mass is 464 g/mol. The molecule has 3 aliphatic rings. The van der Waals surface area contributed by atoms with Gasteiger partial charge in [-0.05, 0) is 44.4 Å². The van der Waals surface area contributed by atoms with Gasteiger partial charge in [0.15, 0.2) is 0 Å². The standard InChI is InChI=1S/C25H33N6OP/c1-4-21-23-15-22(27-31(23)16-18(2)26-21)24(9-14-32)33-25-8-7-20(17-28(25)3)30-12-10-29(11-13-30)19-5-6-19/h7-9,14-17,19,25,33H,4-6,10-13H2,1-3H3/b24-9-. The minimum atomic E-state index is 0.211. The molecule has 0 aromatic carbocycles. The number of aryl methyl sites for hydroxylation is 2. The van der Waals surface area contributed by atoms with Crippen molar-refractivity contribution in [3.8, 4) is 0 Å². The number of aromatic nitrogens is 3. The van der Waals surface area contributed by atoms with Gasteiger partial charge in [0.2, 0.25) is 0 Å². The Kier molecular flexibility index (Phi) is 6.35. The molecule has 0 spiro atoms. The lowest BCUT2D eigenvalue weighted by Crippen LogP contribution is -2.47. The Morgan fingerprint density at radius 3 is 2.70 bits per heavy atom. The highest BCUT2D eigenvalue weighted by atomic mass is 31.1. The van der Waals surface area contributed by atoms with Crippen LogP contribution >= 0.6 is 8.58 Å². The van der Waals surface area contributed by atoms with Gasteiger partial charge < -0.3 is 9.80 Å². The average Bonchev–Trinajstić information content (AvgIpc) is 3.58. The van der Waals surface area contributed by atoms with E-state index in [1.807, 2.05) is 17.6 Å². The minimum absolute atomic E-state index is 0.211. The van der Waals surface area contributed by atoms with Gasteiger partial charge in [-0.1, -0.05) is 21.6 Å². The third-order valence-electron chi connectivity index (χ3n) is 6.77. The maximum absolute atomic E-state index is 11.5. The van der Waals surface area contributed by atoms with E-state index in [1.54, 1.807) is 6.08 Å². The summed E-state index contributed by atoms with van der Waals surface area (Å²) in [5.41, 5.74) is 5.14. The molecule has 2 unspecified atom stereocenters. The van der Waals surface area contributed by atoms with Crippen molar-refractivity contribution in [3.05, 3.63) is 59.5 Å². The fourth-order valence-electron chi connectivity index (χ4n) is 4.79. The van der Waals surface area contributed by atoms with Crippen molar-refractivity contribution in [3.63, 3.8) is 0 Å². The second kappa shape index (κ2) is 9.40. The van der Waals surface area contributed by atoms with E-state index in [9.17, 15) is 4.79 Å². The first-order valence-corrected chi connectivity index (χ1v) is 13.0. The quantitative estimate of drug-likeness (QED) is 0.356. The minimum Gasteiger partial charge on any atom is -0.368 e. The summed E-state index contributed by atoms with van der Waals surface area (Å²) in [6.07, 6.45) is 14.9. The Bertz CT molecular complexity index is 1120. The number of aldehydes is 1. The molecule has 1 aliphatic carbocycles. The highest BCUT2D eigenvalue weighted by molar-refractivity contribution is 7.51. The fraction of sp³-hybridized carbons (Fsp3) is 0.480. The van der Waals surface area contributed by atoms with E-state index < -0.39 is 0 Å². The first-order valence-electron chi connectivity index (χ1n) is 11.9. The molecule has 4 heterocycles. The zero-order valence-electron chi connectivity index (χ0n) is 19.7. The summed E-state index contributed by atoms with van der Waals surface area (Å²) >= 11 is 0. The molecule has 33 heavy (non-hydrogen) atoms. The molecule has 0 amide bonds. The van der Waals surface area contributed by atoms with Crippen molar-refractivity contribution in [1.82, 2.24) is 29.3 Å². The number of likely N-dealkylation sites (N-methyl/N-ethyl adjacent to an activating group) is 1. The molecule has 2 fully saturated rings. The molecule has 2 aliphatic heterocycles. The van der Waals surface area contributed by atoms with Gasteiger partial charge in [0.05, 0.1) is 40.3 Å². The van der Waals surface area contributed by atoms with Crippen LogP contribution in [-0.2, 0) is 11.2 Å². The van der Waals surface area contributed by atoms with E-state index in [0.29, 0.717) is 8.58 Å². The van der Waals surface area contributed by atoms with E-state index >= 15 is 0 Å². The van der Waals surface area contributed by atoms with Gasteiger partial charge in [-0.25, -0.2) is 4.52 Å². The second-order valence-corrected chi connectivity index (χ2v) is 10.6. The van der Waals surface area contributed by atoms with Crippen LogP contribution in [0, 0.1) is 6.92 Å². The average molecular weight is 465 g/mol. The Morgan fingerprint density at radius 1 is 1.24 bits per heavy atom. The normalized spacial score (nSPS) is 22.6. The number of carbonyl (C=O) groups excluding carboxylic acids is 1. The first kappa shape index (κ1) is 22.3. The zero-order valence-corrected chi connectivity index (χ0v) is 20.7. The van der Waals surface area contributed by atoms with Crippen LogP contribution in [0.25, 0.3) is 10.8 Å². The Labute approximate surface area is 197 Å². The predicted octanol–water partition coefficient (Wildman–Crippen LogP) is 3.27. The van der Waals surface area contributed by atoms with Gasteiger partial charge in [-0.2, -0.15) is 5.10 Å². The topological polar surface area (TPSA) is 57.0 Å². The van der Waals surface area contributed by atoms with Crippen molar-refractivity contribution in [1.29, 1.82) is 0 Å². The number of piperazine rings is 1. The van der Waals surface area contributed by atoms with Gasteiger partial charge in [0, 0.05) is 50.8 Å². The van der Waals surface area contributed by atoms with Crippen LogP contribution in [-0.4, -0.2) is 80.6 Å². The maximum atomic E-state index is 11.5. The Hall–Kier alpha value is -2.50. The molecule has 2 aromatic heterocycles. The van der Waals surface area contributed by atoms with Crippen LogP contribution in [0.5, 0.6) is 0 Å². The first-order chi connectivity index (χ1) is 16.1. The lowest BCUT2D eigenvalue weighted by atomic mass is 10.2. The summed E-state index contributed by atoms with van der Waals surface area (Å²) in [6.45, 7) is 8.62.